The summed E-state index contributed by atoms with van der Waals surface area (Å²) in [5, 5.41) is 2.93. The Morgan fingerprint density at radius 3 is 2.30 bits per heavy atom. The summed E-state index contributed by atoms with van der Waals surface area (Å²) in [4.78, 5) is 15.3. The maximum absolute atomic E-state index is 11.9. The second kappa shape index (κ2) is 11.5. The first-order valence-corrected chi connectivity index (χ1v) is 8.61. The molecule has 1 N–H and O–H groups in total. The van der Waals surface area contributed by atoms with Crippen LogP contribution in [-0.4, -0.2) is 5.91 Å². The molecule has 124 valence electrons. The Kier molecular flexibility index (Phi) is 9.47. The van der Waals surface area contributed by atoms with Crippen molar-refractivity contribution >= 4 is 17.7 Å². The van der Waals surface area contributed by atoms with Gasteiger partial charge in [-0.2, -0.15) is 0 Å². The minimum atomic E-state index is 0.0826. The predicted octanol–water partition coefficient (Wildman–Crippen LogP) is 6.05. The normalized spacial score (nSPS) is 11.1. The topological polar surface area (TPSA) is 33.5 Å². The van der Waals surface area contributed by atoms with Crippen molar-refractivity contribution in [2.45, 2.75) is 65.2 Å². The standard InChI is InChI=1S/C20H28N2O/c1-4-5-6-7-8-9-10-11-20(23)22-19-14-12-18(13-15-19)16-17(2)21-3/h12-16H,4-11H2,1-2H3,(H,22,23)/b17-16-. The van der Waals surface area contributed by atoms with E-state index < -0.39 is 0 Å². The van der Waals surface area contributed by atoms with Gasteiger partial charge in [0.2, 0.25) is 5.91 Å². The van der Waals surface area contributed by atoms with E-state index >= 15 is 0 Å². The quantitative estimate of drug-likeness (QED) is 0.414. The van der Waals surface area contributed by atoms with Gasteiger partial charge >= 0.3 is 0 Å². The van der Waals surface area contributed by atoms with Gasteiger partial charge in [-0.1, -0.05) is 63.7 Å². The molecule has 0 bridgehead atoms. The number of benzene rings is 1. The molecule has 23 heavy (non-hydrogen) atoms. The molecule has 1 aromatic rings. The maximum Gasteiger partial charge on any atom is 0.224 e. The number of unbranched alkanes of at least 4 members (excludes halogenated alkanes) is 6. The largest absolute Gasteiger partial charge is 0.326 e. The van der Waals surface area contributed by atoms with Gasteiger partial charge in [0.15, 0.2) is 5.70 Å². The highest BCUT2D eigenvalue weighted by Crippen LogP contribution is 2.14. The van der Waals surface area contributed by atoms with Crippen LogP contribution in [0.3, 0.4) is 0 Å². The number of carbonyl (C=O) groups excluding carboxylic acids is 1. The molecule has 0 unspecified atom stereocenters. The minimum absolute atomic E-state index is 0.0826. The fourth-order valence-corrected chi connectivity index (χ4v) is 2.40. The van der Waals surface area contributed by atoms with Crippen LogP contribution in [0.1, 0.15) is 70.8 Å². The molecule has 1 rings (SSSR count). The number of nitrogens with zero attached hydrogens (tertiary/aromatic N) is 1. The number of rotatable bonds is 10. The van der Waals surface area contributed by atoms with Crippen molar-refractivity contribution in [1.82, 2.24) is 0 Å². The van der Waals surface area contributed by atoms with E-state index in [1.165, 1.54) is 32.1 Å². The van der Waals surface area contributed by atoms with Gasteiger partial charge in [-0.3, -0.25) is 4.79 Å². The molecular weight excluding hydrogens is 284 g/mol. The first-order chi connectivity index (χ1) is 11.2. The van der Waals surface area contributed by atoms with E-state index in [2.05, 4.69) is 17.1 Å². The van der Waals surface area contributed by atoms with E-state index in [9.17, 15) is 4.79 Å². The zero-order valence-electron chi connectivity index (χ0n) is 14.4. The number of anilines is 1. The smallest absolute Gasteiger partial charge is 0.224 e. The molecule has 0 aliphatic heterocycles. The molecule has 0 aliphatic rings. The second-order valence-corrected chi connectivity index (χ2v) is 5.94. The molecule has 0 fully saturated rings. The predicted molar refractivity (Wildman–Crippen MR) is 97.9 cm³/mol. The van der Waals surface area contributed by atoms with E-state index in [0.717, 1.165) is 24.1 Å². The molecule has 0 radical (unpaired) electrons. The second-order valence-electron chi connectivity index (χ2n) is 5.94. The maximum atomic E-state index is 11.9. The van der Waals surface area contributed by atoms with Crippen molar-refractivity contribution < 1.29 is 4.79 Å². The summed E-state index contributed by atoms with van der Waals surface area (Å²) < 4.78 is 0. The van der Waals surface area contributed by atoms with Crippen molar-refractivity contribution in [3.63, 3.8) is 0 Å². The van der Waals surface area contributed by atoms with Gasteiger partial charge < -0.3 is 5.32 Å². The van der Waals surface area contributed by atoms with Crippen LogP contribution in [0.25, 0.3) is 10.9 Å². The first-order valence-electron chi connectivity index (χ1n) is 8.61. The molecule has 1 aromatic carbocycles. The third-order valence-electron chi connectivity index (χ3n) is 3.75. The first kappa shape index (κ1) is 19.0. The van der Waals surface area contributed by atoms with Crippen LogP contribution in [-0.2, 0) is 4.79 Å². The van der Waals surface area contributed by atoms with Crippen molar-refractivity contribution in [1.29, 1.82) is 0 Å². The van der Waals surface area contributed by atoms with Gasteiger partial charge in [0.25, 0.3) is 0 Å². The summed E-state index contributed by atoms with van der Waals surface area (Å²) in [6.45, 7) is 10.9. The van der Waals surface area contributed by atoms with Crippen LogP contribution in [0, 0.1) is 6.57 Å². The number of hydrogen-bond donors (Lipinski definition) is 1. The van der Waals surface area contributed by atoms with Crippen LogP contribution in [0.4, 0.5) is 5.69 Å². The van der Waals surface area contributed by atoms with Gasteiger partial charge in [0.05, 0.1) is 6.57 Å². The van der Waals surface area contributed by atoms with Crippen LogP contribution < -0.4 is 5.32 Å². The van der Waals surface area contributed by atoms with Crippen LogP contribution in [0.15, 0.2) is 30.0 Å². The lowest BCUT2D eigenvalue weighted by Gasteiger charge is -2.06. The van der Waals surface area contributed by atoms with Crippen molar-refractivity contribution in [3.05, 3.63) is 46.9 Å². The Hall–Kier alpha value is -2.08. The van der Waals surface area contributed by atoms with E-state index in [-0.39, 0.29) is 5.91 Å². The van der Waals surface area contributed by atoms with Crippen molar-refractivity contribution in [2.75, 3.05) is 5.32 Å². The van der Waals surface area contributed by atoms with E-state index in [4.69, 9.17) is 6.57 Å². The lowest BCUT2D eigenvalue weighted by Crippen LogP contribution is -2.10. The zero-order valence-corrected chi connectivity index (χ0v) is 14.4. The Morgan fingerprint density at radius 1 is 1.09 bits per heavy atom. The van der Waals surface area contributed by atoms with E-state index in [0.29, 0.717) is 12.1 Å². The summed E-state index contributed by atoms with van der Waals surface area (Å²) in [5.74, 6) is 0.0826. The highest BCUT2D eigenvalue weighted by molar-refractivity contribution is 5.90. The van der Waals surface area contributed by atoms with Gasteiger partial charge in [-0.15, -0.1) is 0 Å². The van der Waals surface area contributed by atoms with Crippen LogP contribution >= 0.6 is 0 Å². The molecule has 0 spiro atoms. The van der Waals surface area contributed by atoms with Crippen molar-refractivity contribution in [2.24, 2.45) is 0 Å². The molecule has 3 nitrogen and oxygen atoms in total. The van der Waals surface area contributed by atoms with Gasteiger partial charge in [0, 0.05) is 12.1 Å². The van der Waals surface area contributed by atoms with Crippen molar-refractivity contribution in [3.8, 4) is 0 Å². The van der Waals surface area contributed by atoms with Crippen LogP contribution in [0.2, 0.25) is 0 Å². The lowest BCUT2D eigenvalue weighted by atomic mass is 10.1. The average Bonchev–Trinajstić information content (AvgIpc) is 2.55. The fourth-order valence-electron chi connectivity index (χ4n) is 2.40. The highest BCUT2D eigenvalue weighted by atomic mass is 16.1. The number of allylic oxidation sites excluding steroid dienone is 1. The fraction of sp³-hybridized carbons (Fsp3) is 0.500. The Labute approximate surface area is 140 Å². The molecular formula is C20H28N2O. The number of hydrogen-bond acceptors (Lipinski definition) is 1. The summed E-state index contributed by atoms with van der Waals surface area (Å²) in [6, 6.07) is 7.59. The van der Waals surface area contributed by atoms with E-state index in [1.807, 2.05) is 30.3 Å². The van der Waals surface area contributed by atoms with E-state index in [1.54, 1.807) is 6.92 Å². The summed E-state index contributed by atoms with van der Waals surface area (Å²) in [7, 11) is 0. The molecule has 0 atom stereocenters. The molecule has 1 amide bonds. The SMILES string of the molecule is [C-]#[N+]/C(C)=C\c1ccc(NC(=O)CCCCCCCCC)cc1. The minimum Gasteiger partial charge on any atom is -0.326 e. The summed E-state index contributed by atoms with van der Waals surface area (Å²) >= 11 is 0. The Morgan fingerprint density at radius 2 is 1.70 bits per heavy atom. The molecule has 0 saturated carbocycles. The average molecular weight is 312 g/mol. The monoisotopic (exact) mass is 312 g/mol. The number of carbonyl (C=O) groups is 1. The van der Waals surface area contributed by atoms with Gasteiger partial charge in [-0.05, 0) is 31.0 Å². The Bertz CT molecular complexity index is 538. The summed E-state index contributed by atoms with van der Waals surface area (Å²) in [5.41, 5.74) is 2.44. The lowest BCUT2D eigenvalue weighted by molar-refractivity contribution is -0.116. The van der Waals surface area contributed by atoms with Gasteiger partial charge in [0.1, 0.15) is 0 Å². The Balaban J connectivity index is 2.25. The molecule has 0 saturated heterocycles. The number of amides is 1. The van der Waals surface area contributed by atoms with Crippen LogP contribution in [0.5, 0.6) is 0 Å². The molecule has 3 heteroatoms. The summed E-state index contributed by atoms with van der Waals surface area (Å²) in [6.07, 6.45) is 10.9. The third kappa shape index (κ3) is 8.83. The zero-order chi connectivity index (χ0) is 16.9. The third-order valence-corrected chi connectivity index (χ3v) is 3.75. The van der Waals surface area contributed by atoms with Gasteiger partial charge in [-0.25, -0.2) is 4.85 Å². The molecule has 0 aromatic heterocycles. The molecule has 0 heterocycles. The molecule has 0 aliphatic carbocycles. The number of nitrogens with one attached hydrogen (secondary N) is 1. The highest BCUT2D eigenvalue weighted by Gasteiger charge is 2.02.